The first-order valence-electron chi connectivity index (χ1n) is 17.7. The van der Waals surface area contributed by atoms with Crippen molar-refractivity contribution in [3.63, 3.8) is 0 Å². The summed E-state index contributed by atoms with van der Waals surface area (Å²) in [6, 6.07) is 57.6. The molecule has 4 heterocycles. The Kier molecular flexibility index (Phi) is 5.90. The van der Waals surface area contributed by atoms with Crippen LogP contribution < -0.4 is 4.90 Å². The lowest BCUT2D eigenvalue weighted by atomic mass is 10.0. The van der Waals surface area contributed by atoms with Gasteiger partial charge in [-0.3, -0.25) is 0 Å². The lowest BCUT2D eigenvalue weighted by Gasteiger charge is -2.26. The van der Waals surface area contributed by atoms with E-state index in [2.05, 4.69) is 144 Å². The number of hydrogen-bond acceptors (Lipinski definition) is 5. The van der Waals surface area contributed by atoms with E-state index >= 15 is 0 Å². The monoisotopic (exact) mass is 697 g/mol. The van der Waals surface area contributed by atoms with Gasteiger partial charge in [0.1, 0.15) is 33.5 Å². The predicted molar refractivity (Wildman–Crippen MR) is 221 cm³/mol. The molecule has 8 aromatic carbocycles. The minimum atomic E-state index is 0.842. The first-order chi connectivity index (χ1) is 26.2. The minimum Gasteiger partial charge on any atom is -0.456 e. The van der Waals surface area contributed by atoms with Gasteiger partial charge in [-0.1, -0.05) is 84.9 Å². The van der Waals surface area contributed by atoms with Crippen molar-refractivity contribution in [1.29, 1.82) is 0 Å². The van der Waals surface area contributed by atoms with Gasteiger partial charge in [0.25, 0.3) is 0 Å². The molecule has 0 unspecified atom stereocenters. The summed E-state index contributed by atoms with van der Waals surface area (Å²) in [6.07, 6.45) is 0. The Labute approximate surface area is 306 Å². The zero-order chi connectivity index (χ0) is 34.6. The molecule has 0 saturated carbocycles. The molecule has 0 N–H and O–H groups in total. The van der Waals surface area contributed by atoms with Crippen LogP contribution >= 0.6 is 11.3 Å². The second-order valence-corrected chi connectivity index (χ2v) is 14.7. The predicted octanol–water partition coefficient (Wildman–Crippen LogP) is 14.9. The quantitative estimate of drug-likeness (QED) is 0.184. The normalized spacial score (nSPS) is 12.2. The van der Waals surface area contributed by atoms with Crippen LogP contribution in [-0.2, 0) is 0 Å². The summed E-state index contributed by atoms with van der Waals surface area (Å²) in [7, 11) is 0. The number of benzene rings is 8. The zero-order valence-corrected chi connectivity index (χ0v) is 29.0. The van der Waals surface area contributed by atoms with Gasteiger partial charge < -0.3 is 18.2 Å². The van der Waals surface area contributed by atoms with E-state index in [9.17, 15) is 0 Å². The number of nitrogens with zero attached hydrogens (tertiary/aromatic N) is 1. The van der Waals surface area contributed by atoms with Crippen LogP contribution in [-0.4, -0.2) is 0 Å². The number of fused-ring (bicyclic) bond motifs is 13. The van der Waals surface area contributed by atoms with E-state index in [-0.39, 0.29) is 0 Å². The van der Waals surface area contributed by atoms with Gasteiger partial charge in [0.05, 0.1) is 0 Å². The maximum Gasteiger partial charge on any atom is 0.144 e. The molecule has 0 saturated heterocycles. The van der Waals surface area contributed by atoms with E-state index in [1.54, 1.807) is 0 Å². The number of anilines is 3. The molecule has 0 atom stereocenters. The summed E-state index contributed by atoms with van der Waals surface area (Å²) in [5.74, 6) is 0. The van der Waals surface area contributed by atoms with E-state index in [1.165, 1.54) is 20.2 Å². The van der Waals surface area contributed by atoms with Crippen molar-refractivity contribution in [3.05, 3.63) is 164 Å². The van der Waals surface area contributed by atoms with Crippen molar-refractivity contribution in [2.75, 3.05) is 4.90 Å². The number of thiophene rings is 1. The van der Waals surface area contributed by atoms with Crippen LogP contribution in [0.2, 0.25) is 0 Å². The van der Waals surface area contributed by atoms with Crippen LogP contribution in [0.1, 0.15) is 0 Å². The molecule has 4 aromatic heterocycles. The molecule has 5 heteroatoms. The summed E-state index contributed by atoms with van der Waals surface area (Å²) in [5.41, 5.74) is 10.4. The summed E-state index contributed by atoms with van der Waals surface area (Å²) >= 11 is 1.81. The van der Waals surface area contributed by atoms with Gasteiger partial charge in [-0.05, 0) is 72.3 Å². The lowest BCUT2D eigenvalue weighted by Crippen LogP contribution is -2.09. The molecule has 0 aliphatic heterocycles. The lowest BCUT2D eigenvalue weighted by molar-refractivity contribution is 0.669. The molecule has 53 heavy (non-hydrogen) atoms. The van der Waals surface area contributed by atoms with Crippen molar-refractivity contribution in [2.24, 2.45) is 0 Å². The average molecular weight is 698 g/mol. The summed E-state index contributed by atoms with van der Waals surface area (Å²) < 4.78 is 22.2. The highest BCUT2D eigenvalue weighted by Crippen LogP contribution is 2.45. The van der Waals surface area contributed by atoms with E-state index in [0.29, 0.717) is 0 Å². The molecule has 12 rings (SSSR count). The van der Waals surface area contributed by atoms with Crippen LogP contribution in [0.3, 0.4) is 0 Å². The van der Waals surface area contributed by atoms with Crippen molar-refractivity contribution in [3.8, 4) is 11.1 Å². The first kappa shape index (κ1) is 28.8. The molecular formula is C48H27NO3S. The van der Waals surface area contributed by atoms with Crippen LogP contribution in [0.5, 0.6) is 0 Å². The third-order valence-electron chi connectivity index (χ3n) is 10.7. The van der Waals surface area contributed by atoms with Gasteiger partial charge in [0.2, 0.25) is 0 Å². The fourth-order valence-electron chi connectivity index (χ4n) is 8.26. The molecule has 0 amide bonds. The van der Waals surface area contributed by atoms with E-state index in [4.69, 9.17) is 13.3 Å². The Morgan fingerprint density at radius 2 is 0.925 bits per heavy atom. The molecule has 0 radical (unpaired) electrons. The van der Waals surface area contributed by atoms with Crippen LogP contribution in [0.4, 0.5) is 17.1 Å². The van der Waals surface area contributed by atoms with Gasteiger partial charge in [0, 0.05) is 87.2 Å². The largest absolute Gasteiger partial charge is 0.456 e. The Morgan fingerprint density at radius 3 is 1.66 bits per heavy atom. The van der Waals surface area contributed by atoms with Crippen LogP contribution in [0.15, 0.2) is 177 Å². The highest BCUT2D eigenvalue weighted by molar-refractivity contribution is 7.26. The molecule has 4 nitrogen and oxygen atoms in total. The summed E-state index contributed by atoms with van der Waals surface area (Å²) in [6.45, 7) is 0. The maximum absolute atomic E-state index is 6.91. The third-order valence-corrected chi connectivity index (χ3v) is 11.8. The van der Waals surface area contributed by atoms with Crippen LogP contribution in [0, 0.1) is 0 Å². The standard InChI is InChI=1S/C48H27NO3S/c1-4-16-40-33(11-1)35-21-19-30(26-42(35)50-40)49(31-20-22-36-34-12-2-5-17-41(34)51-43(36)27-31)29-10-7-9-28(25-29)32-14-8-15-37-38-23-24-45-46(48(38)52-47(32)37)39-13-3-6-18-44(39)53-45/h1-27H. The number of furan rings is 3. The minimum absolute atomic E-state index is 0.842. The van der Waals surface area contributed by atoms with E-state index in [1.807, 2.05) is 35.6 Å². The van der Waals surface area contributed by atoms with Crippen LogP contribution in [0.25, 0.3) is 97.1 Å². The first-order valence-corrected chi connectivity index (χ1v) is 18.6. The number of rotatable bonds is 4. The Balaban J connectivity index is 1.06. The fraction of sp³-hybridized carbons (Fsp3) is 0. The Morgan fingerprint density at radius 1 is 0.358 bits per heavy atom. The molecule has 12 aromatic rings. The van der Waals surface area contributed by atoms with Gasteiger partial charge >= 0.3 is 0 Å². The topological polar surface area (TPSA) is 42.7 Å². The fourth-order valence-corrected chi connectivity index (χ4v) is 9.36. The highest BCUT2D eigenvalue weighted by atomic mass is 32.1. The second-order valence-electron chi connectivity index (χ2n) is 13.6. The van der Waals surface area contributed by atoms with Crippen molar-refractivity contribution in [2.45, 2.75) is 0 Å². The van der Waals surface area contributed by atoms with Crippen molar-refractivity contribution < 1.29 is 13.3 Å². The van der Waals surface area contributed by atoms with Gasteiger partial charge in [-0.15, -0.1) is 11.3 Å². The van der Waals surface area contributed by atoms with Gasteiger partial charge in [-0.2, -0.15) is 0 Å². The van der Waals surface area contributed by atoms with Gasteiger partial charge in [0.15, 0.2) is 0 Å². The molecule has 248 valence electrons. The second kappa shape index (κ2) is 10.8. The smallest absolute Gasteiger partial charge is 0.144 e. The highest BCUT2D eigenvalue weighted by Gasteiger charge is 2.20. The molecule has 0 aliphatic carbocycles. The van der Waals surface area contributed by atoms with E-state index in [0.717, 1.165) is 94.0 Å². The zero-order valence-electron chi connectivity index (χ0n) is 28.2. The molecule has 0 bridgehead atoms. The Hall–Kier alpha value is -6.82. The molecule has 0 aliphatic rings. The molecular weight excluding hydrogens is 671 g/mol. The Bertz CT molecular complexity index is 3320. The molecule has 0 fully saturated rings. The number of hydrogen-bond donors (Lipinski definition) is 0. The SMILES string of the molecule is c1cc(-c2cccc3c2oc2c3ccc3sc4ccccc4c32)cc(N(c2ccc3c(c2)oc2ccccc23)c2ccc3c(c2)oc2ccccc23)c1. The average Bonchev–Trinajstić information content (AvgIpc) is 3.97. The maximum atomic E-state index is 6.91. The third kappa shape index (κ3) is 4.23. The summed E-state index contributed by atoms with van der Waals surface area (Å²) in [5, 5.41) is 9.07. The van der Waals surface area contributed by atoms with E-state index < -0.39 is 0 Å². The molecule has 0 spiro atoms. The van der Waals surface area contributed by atoms with Crippen molar-refractivity contribution in [1.82, 2.24) is 0 Å². The van der Waals surface area contributed by atoms with Gasteiger partial charge in [-0.25, -0.2) is 0 Å². The van der Waals surface area contributed by atoms with Crippen molar-refractivity contribution >= 4 is 114 Å². The number of para-hydroxylation sites is 3. The summed E-state index contributed by atoms with van der Waals surface area (Å²) in [4.78, 5) is 2.28.